The fraction of sp³-hybridized carbons (Fsp3) is 0.286. The second-order valence-corrected chi connectivity index (χ2v) is 4.19. The van der Waals surface area contributed by atoms with E-state index in [1.165, 1.54) is 5.56 Å². The van der Waals surface area contributed by atoms with Crippen molar-refractivity contribution in [2.75, 3.05) is 0 Å². The van der Waals surface area contributed by atoms with E-state index in [2.05, 4.69) is 13.8 Å². The van der Waals surface area contributed by atoms with Gasteiger partial charge in [-0.1, -0.05) is 38.1 Å². The predicted octanol–water partition coefficient (Wildman–Crippen LogP) is 3.19. The molecule has 17 heavy (non-hydrogen) atoms. The van der Waals surface area contributed by atoms with Crippen LogP contribution in [0.3, 0.4) is 0 Å². The first-order chi connectivity index (χ1) is 7.97. The van der Waals surface area contributed by atoms with Crippen LogP contribution in [0.4, 0.5) is 0 Å². The zero-order valence-corrected chi connectivity index (χ0v) is 10.2. The Bertz CT molecular complexity index is 490. The first-order valence-electron chi connectivity index (χ1n) is 5.42. The number of benzene rings is 1. The average molecular weight is 229 g/mol. The molecule has 0 saturated carbocycles. The average Bonchev–Trinajstić information content (AvgIpc) is 2.29. The smallest absolute Gasteiger partial charge is 0.346 e. The Labute approximate surface area is 101 Å². The number of carboxylic acids is 1. The number of nitriles is 1. The van der Waals surface area contributed by atoms with Crippen LogP contribution in [0.15, 0.2) is 29.8 Å². The standard InChI is InChI=1S/C14H15NO2/c1-9(2)11-4-6-12(7-5-11)10(3)13(8-15)14(16)17/h4-7,9H,1-3H3,(H,16,17)/b13-10+. The van der Waals surface area contributed by atoms with E-state index in [9.17, 15) is 4.79 Å². The maximum Gasteiger partial charge on any atom is 0.346 e. The molecule has 0 fully saturated rings. The van der Waals surface area contributed by atoms with Crippen LogP contribution >= 0.6 is 0 Å². The molecule has 3 heteroatoms. The quantitative estimate of drug-likeness (QED) is 0.639. The van der Waals surface area contributed by atoms with Gasteiger partial charge >= 0.3 is 5.97 Å². The molecule has 0 saturated heterocycles. The molecular weight excluding hydrogens is 214 g/mol. The lowest BCUT2D eigenvalue weighted by atomic mass is 9.97. The van der Waals surface area contributed by atoms with Crippen molar-refractivity contribution >= 4 is 11.5 Å². The maximum atomic E-state index is 10.8. The summed E-state index contributed by atoms with van der Waals surface area (Å²) < 4.78 is 0. The normalized spacial score (nSPS) is 11.9. The van der Waals surface area contributed by atoms with Gasteiger partial charge in [0.1, 0.15) is 11.6 Å². The summed E-state index contributed by atoms with van der Waals surface area (Å²) in [5.74, 6) is -0.749. The zero-order valence-electron chi connectivity index (χ0n) is 10.2. The molecule has 0 aliphatic carbocycles. The molecule has 0 radical (unpaired) electrons. The lowest BCUT2D eigenvalue weighted by molar-refractivity contribution is -0.132. The Morgan fingerprint density at radius 1 is 1.29 bits per heavy atom. The molecule has 0 heterocycles. The first-order valence-corrected chi connectivity index (χ1v) is 5.42. The summed E-state index contributed by atoms with van der Waals surface area (Å²) in [6, 6.07) is 9.34. The van der Waals surface area contributed by atoms with Gasteiger partial charge < -0.3 is 5.11 Å². The minimum absolute atomic E-state index is 0.206. The summed E-state index contributed by atoms with van der Waals surface area (Å²) in [7, 11) is 0. The third-order valence-electron chi connectivity index (χ3n) is 2.71. The Hall–Kier alpha value is -2.08. The molecule has 1 aromatic carbocycles. The van der Waals surface area contributed by atoms with E-state index in [0.717, 1.165) is 5.56 Å². The lowest BCUT2D eigenvalue weighted by Gasteiger charge is -2.07. The Balaban J connectivity index is 3.18. The molecule has 88 valence electrons. The summed E-state index contributed by atoms with van der Waals surface area (Å²) in [6.45, 7) is 5.84. The molecular formula is C14H15NO2. The number of rotatable bonds is 3. The van der Waals surface area contributed by atoms with Crippen LogP contribution in [0, 0.1) is 11.3 Å². The van der Waals surface area contributed by atoms with Crippen molar-refractivity contribution in [2.45, 2.75) is 26.7 Å². The zero-order chi connectivity index (χ0) is 13.0. The minimum Gasteiger partial charge on any atom is -0.477 e. The van der Waals surface area contributed by atoms with E-state index in [1.54, 1.807) is 13.0 Å². The van der Waals surface area contributed by atoms with Gasteiger partial charge in [-0.2, -0.15) is 5.26 Å². The Morgan fingerprint density at radius 3 is 2.18 bits per heavy atom. The van der Waals surface area contributed by atoms with Gasteiger partial charge in [0.2, 0.25) is 0 Å². The van der Waals surface area contributed by atoms with Crippen molar-refractivity contribution in [3.8, 4) is 6.07 Å². The molecule has 0 aliphatic heterocycles. The fourth-order valence-electron chi connectivity index (χ4n) is 1.55. The van der Waals surface area contributed by atoms with Gasteiger partial charge in [0.05, 0.1) is 0 Å². The third-order valence-corrected chi connectivity index (χ3v) is 2.71. The van der Waals surface area contributed by atoms with E-state index in [1.807, 2.05) is 24.3 Å². The molecule has 0 aromatic heterocycles. The van der Waals surface area contributed by atoms with Crippen molar-refractivity contribution < 1.29 is 9.90 Å². The summed E-state index contributed by atoms with van der Waals surface area (Å²) >= 11 is 0. The Morgan fingerprint density at radius 2 is 1.82 bits per heavy atom. The van der Waals surface area contributed by atoms with Crippen molar-refractivity contribution in [1.82, 2.24) is 0 Å². The number of aliphatic carboxylic acids is 1. The predicted molar refractivity (Wildman–Crippen MR) is 66.4 cm³/mol. The molecule has 3 nitrogen and oxygen atoms in total. The van der Waals surface area contributed by atoms with Crippen LogP contribution in [0.25, 0.3) is 5.57 Å². The lowest BCUT2D eigenvalue weighted by Crippen LogP contribution is -2.01. The highest BCUT2D eigenvalue weighted by Crippen LogP contribution is 2.21. The SMILES string of the molecule is C/C(=C(/C#N)C(=O)O)c1ccc(C(C)C)cc1. The molecule has 0 spiro atoms. The third kappa shape index (κ3) is 2.94. The van der Waals surface area contributed by atoms with Gasteiger partial charge in [-0.3, -0.25) is 0 Å². The molecule has 0 unspecified atom stereocenters. The van der Waals surface area contributed by atoms with Crippen LogP contribution in [0.1, 0.15) is 37.8 Å². The highest BCUT2D eigenvalue weighted by Gasteiger charge is 2.12. The molecule has 0 bridgehead atoms. The molecule has 0 atom stereocenters. The van der Waals surface area contributed by atoms with E-state index in [-0.39, 0.29) is 5.57 Å². The topological polar surface area (TPSA) is 61.1 Å². The number of hydrogen-bond acceptors (Lipinski definition) is 2. The van der Waals surface area contributed by atoms with Gasteiger partial charge in [0.15, 0.2) is 0 Å². The monoisotopic (exact) mass is 229 g/mol. The van der Waals surface area contributed by atoms with Crippen LogP contribution in [-0.4, -0.2) is 11.1 Å². The number of allylic oxidation sites excluding steroid dienone is 1. The van der Waals surface area contributed by atoms with Crippen LogP contribution in [0.2, 0.25) is 0 Å². The molecule has 1 aromatic rings. The van der Waals surface area contributed by atoms with E-state index >= 15 is 0 Å². The van der Waals surface area contributed by atoms with Gasteiger partial charge in [0, 0.05) is 0 Å². The van der Waals surface area contributed by atoms with E-state index in [0.29, 0.717) is 11.5 Å². The summed E-state index contributed by atoms with van der Waals surface area (Å²) in [6.07, 6.45) is 0. The van der Waals surface area contributed by atoms with E-state index in [4.69, 9.17) is 10.4 Å². The Kier molecular flexibility index (Phi) is 4.06. The maximum absolute atomic E-state index is 10.8. The van der Waals surface area contributed by atoms with Crippen molar-refractivity contribution in [3.05, 3.63) is 41.0 Å². The summed E-state index contributed by atoms with van der Waals surface area (Å²) in [5.41, 5.74) is 2.25. The number of nitrogens with zero attached hydrogens (tertiary/aromatic N) is 1. The second-order valence-electron chi connectivity index (χ2n) is 4.19. The van der Waals surface area contributed by atoms with Gasteiger partial charge in [-0.25, -0.2) is 4.79 Å². The number of carbonyl (C=O) groups is 1. The molecule has 1 N–H and O–H groups in total. The van der Waals surface area contributed by atoms with Crippen LogP contribution in [-0.2, 0) is 4.79 Å². The van der Waals surface area contributed by atoms with E-state index < -0.39 is 5.97 Å². The molecule has 0 aliphatic rings. The van der Waals surface area contributed by atoms with Crippen molar-refractivity contribution in [1.29, 1.82) is 5.26 Å². The van der Waals surface area contributed by atoms with Crippen molar-refractivity contribution in [2.24, 2.45) is 0 Å². The van der Waals surface area contributed by atoms with Crippen molar-refractivity contribution in [3.63, 3.8) is 0 Å². The minimum atomic E-state index is -1.18. The fourth-order valence-corrected chi connectivity index (χ4v) is 1.55. The summed E-state index contributed by atoms with van der Waals surface area (Å²) in [4.78, 5) is 10.8. The summed E-state index contributed by atoms with van der Waals surface area (Å²) in [5, 5.41) is 17.6. The molecule has 1 rings (SSSR count). The van der Waals surface area contributed by atoms with Crippen LogP contribution in [0.5, 0.6) is 0 Å². The number of hydrogen-bond donors (Lipinski definition) is 1. The largest absolute Gasteiger partial charge is 0.477 e. The van der Waals surface area contributed by atoms with Crippen LogP contribution < -0.4 is 0 Å². The van der Waals surface area contributed by atoms with Gasteiger partial charge in [0.25, 0.3) is 0 Å². The van der Waals surface area contributed by atoms with Gasteiger partial charge in [-0.05, 0) is 29.5 Å². The second kappa shape index (κ2) is 5.31. The highest BCUT2D eigenvalue weighted by molar-refractivity contribution is 6.00. The first kappa shape index (κ1) is 13.0. The van der Waals surface area contributed by atoms with Gasteiger partial charge in [-0.15, -0.1) is 0 Å². The highest BCUT2D eigenvalue weighted by atomic mass is 16.4. The number of carboxylic acid groups (broad SMARTS) is 1. The molecule has 0 amide bonds.